The van der Waals surface area contributed by atoms with Crippen LogP contribution in [0, 0.1) is 0 Å². The topological polar surface area (TPSA) is 54.9 Å². The number of guanidine groups is 1. The molecule has 1 aliphatic rings. The second kappa shape index (κ2) is 12.8. The number of nitrogens with zero attached hydrogens (tertiary/aromatic N) is 1. The minimum Gasteiger partial charge on any atom is -0.381 e. The minimum absolute atomic E-state index is 0. The monoisotopic (exact) mass is 495 g/mol. The van der Waals surface area contributed by atoms with Crippen LogP contribution in [0.1, 0.15) is 32.3 Å². The van der Waals surface area contributed by atoms with Gasteiger partial charge in [0.05, 0.1) is 13.2 Å². The summed E-state index contributed by atoms with van der Waals surface area (Å²) in [5.41, 5.74) is 1.23. The highest BCUT2D eigenvalue weighted by molar-refractivity contribution is 14.0. The Morgan fingerprint density at radius 2 is 2.04 bits per heavy atom. The number of hydrogen-bond donors (Lipinski definition) is 2. The maximum absolute atomic E-state index is 6.23. The van der Waals surface area contributed by atoms with Crippen molar-refractivity contribution in [3.8, 4) is 0 Å². The van der Waals surface area contributed by atoms with E-state index in [0.717, 1.165) is 56.7 Å². The fourth-order valence-electron chi connectivity index (χ4n) is 3.08. The van der Waals surface area contributed by atoms with Crippen LogP contribution in [0.25, 0.3) is 0 Å². The van der Waals surface area contributed by atoms with Crippen LogP contribution in [0.3, 0.4) is 0 Å². The first-order valence-electron chi connectivity index (χ1n) is 9.14. The van der Waals surface area contributed by atoms with Gasteiger partial charge in [-0.15, -0.1) is 24.0 Å². The lowest BCUT2D eigenvalue weighted by molar-refractivity contribution is 0.0531. The average Bonchev–Trinajstić information content (AvgIpc) is 2.64. The Labute approximate surface area is 179 Å². The summed E-state index contributed by atoms with van der Waals surface area (Å²) in [6.07, 6.45) is 1.91. The van der Waals surface area contributed by atoms with Crippen molar-refractivity contribution < 1.29 is 9.47 Å². The van der Waals surface area contributed by atoms with Gasteiger partial charge < -0.3 is 20.1 Å². The first kappa shape index (κ1) is 23.5. The largest absolute Gasteiger partial charge is 0.381 e. The molecule has 0 radical (unpaired) electrons. The van der Waals surface area contributed by atoms with Gasteiger partial charge >= 0.3 is 0 Å². The molecule has 5 nitrogen and oxygen atoms in total. The summed E-state index contributed by atoms with van der Waals surface area (Å²) in [4.78, 5) is 4.85. The second-order valence-corrected chi connectivity index (χ2v) is 6.66. The van der Waals surface area contributed by atoms with Gasteiger partial charge in [-0.1, -0.05) is 23.7 Å². The molecule has 1 fully saturated rings. The fourth-order valence-corrected chi connectivity index (χ4v) is 3.27. The summed E-state index contributed by atoms with van der Waals surface area (Å²) in [6.45, 7) is 9.27. The van der Waals surface area contributed by atoms with E-state index < -0.39 is 0 Å². The summed E-state index contributed by atoms with van der Waals surface area (Å²) >= 11 is 6.23. The Kier molecular flexibility index (Phi) is 11.5. The Morgan fingerprint density at radius 3 is 2.69 bits per heavy atom. The van der Waals surface area contributed by atoms with Crippen molar-refractivity contribution in [2.24, 2.45) is 4.99 Å². The molecule has 0 spiro atoms. The standard InChI is InChI=1S/C19H30ClN3O2.HI/c1-3-21-18(22-10-13-24-4-2)23-15-19(8-11-25-12-9-19)16-6-5-7-17(20)14-16;/h5-7,14H,3-4,8-13,15H2,1-2H3,(H2,21,22,23);1H. The molecule has 0 amide bonds. The first-order valence-corrected chi connectivity index (χ1v) is 9.51. The van der Waals surface area contributed by atoms with E-state index in [2.05, 4.69) is 29.7 Å². The van der Waals surface area contributed by atoms with Crippen LogP contribution in [0.15, 0.2) is 29.3 Å². The summed E-state index contributed by atoms with van der Waals surface area (Å²) in [5.74, 6) is 0.829. The van der Waals surface area contributed by atoms with Crippen molar-refractivity contribution in [2.45, 2.75) is 32.1 Å². The molecule has 0 aromatic heterocycles. The molecule has 1 aromatic carbocycles. The number of aliphatic imine (C=N–C) groups is 1. The van der Waals surface area contributed by atoms with Gasteiger partial charge in [0.1, 0.15) is 0 Å². The molecule has 0 saturated carbocycles. The number of halogens is 2. The molecule has 148 valence electrons. The lowest BCUT2D eigenvalue weighted by Crippen LogP contribution is -2.42. The number of rotatable bonds is 8. The van der Waals surface area contributed by atoms with Crippen molar-refractivity contribution in [3.63, 3.8) is 0 Å². The smallest absolute Gasteiger partial charge is 0.191 e. The predicted octanol–water partition coefficient (Wildman–Crippen LogP) is 3.60. The zero-order chi connectivity index (χ0) is 18.0. The van der Waals surface area contributed by atoms with Gasteiger partial charge in [-0.3, -0.25) is 4.99 Å². The maximum atomic E-state index is 6.23. The van der Waals surface area contributed by atoms with E-state index in [1.807, 2.05) is 19.1 Å². The van der Waals surface area contributed by atoms with E-state index in [-0.39, 0.29) is 29.4 Å². The molecular weight excluding hydrogens is 465 g/mol. The Balaban J connectivity index is 0.00000338. The Hall–Kier alpha value is -0.570. The summed E-state index contributed by atoms with van der Waals surface area (Å²) < 4.78 is 11.0. The van der Waals surface area contributed by atoms with Crippen LogP contribution < -0.4 is 10.6 Å². The molecule has 1 aromatic rings. The van der Waals surface area contributed by atoms with E-state index >= 15 is 0 Å². The van der Waals surface area contributed by atoms with Gasteiger partial charge in [-0.25, -0.2) is 0 Å². The van der Waals surface area contributed by atoms with Crippen molar-refractivity contribution in [3.05, 3.63) is 34.9 Å². The molecule has 2 rings (SSSR count). The van der Waals surface area contributed by atoms with Gasteiger partial charge in [-0.05, 0) is 44.4 Å². The molecule has 1 aliphatic heterocycles. The van der Waals surface area contributed by atoms with Crippen LogP contribution >= 0.6 is 35.6 Å². The molecule has 0 aliphatic carbocycles. The molecule has 26 heavy (non-hydrogen) atoms. The summed E-state index contributed by atoms with van der Waals surface area (Å²) in [5, 5.41) is 7.41. The highest BCUT2D eigenvalue weighted by atomic mass is 127. The Morgan fingerprint density at radius 1 is 1.27 bits per heavy atom. The first-order chi connectivity index (χ1) is 12.2. The summed E-state index contributed by atoms with van der Waals surface area (Å²) in [6, 6.07) is 8.16. The third kappa shape index (κ3) is 7.21. The predicted molar refractivity (Wildman–Crippen MR) is 119 cm³/mol. The van der Waals surface area contributed by atoms with Crippen molar-refractivity contribution in [2.75, 3.05) is 46.1 Å². The van der Waals surface area contributed by atoms with Crippen molar-refractivity contribution in [1.29, 1.82) is 0 Å². The highest BCUT2D eigenvalue weighted by Gasteiger charge is 2.34. The van der Waals surface area contributed by atoms with Crippen LogP contribution in [-0.2, 0) is 14.9 Å². The van der Waals surface area contributed by atoms with Crippen LogP contribution in [0.2, 0.25) is 5.02 Å². The number of benzene rings is 1. The van der Waals surface area contributed by atoms with Crippen LogP contribution in [-0.4, -0.2) is 52.0 Å². The van der Waals surface area contributed by atoms with Gasteiger partial charge in [0.2, 0.25) is 0 Å². The quantitative estimate of drug-likeness (QED) is 0.250. The third-order valence-electron chi connectivity index (χ3n) is 4.51. The minimum atomic E-state index is -0.0224. The molecule has 0 unspecified atom stereocenters. The zero-order valence-corrected chi connectivity index (χ0v) is 18.8. The van der Waals surface area contributed by atoms with E-state index in [4.69, 9.17) is 26.1 Å². The van der Waals surface area contributed by atoms with Gasteiger partial charge in [0, 0.05) is 43.3 Å². The molecule has 7 heteroatoms. The normalized spacial score (nSPS) is 16.7. The van der Waals surface area contributed by atoms with E-state index in [0.29, 0.717) is 13.2 Å². The summed E-state index contributed by atoms with van der Waals surface area (Å²) in [7, 11) is 0. The highest BCUT2D eigenvalue weighted by Crippen LogP contribution is 2.36. The average molecular weight is 496 g/mol. The number of ether oxygens (including phenoxy) is 2. The van der Waals surface area contributed by atoms with E-state index in [9.17, 15) is 0 Å². The molecule has 1 saturated heterocycles. The Bertz CT molecular complexity index is 551. The van der Waals surface area contributed by atoms with Crippen LogP contribution in [0.5, 0.6) is 0 Å². The van der Waals surface area contributed by atoms with Gasteiger partial charge in [0.15, 0.2) is 5.96 Å². The van der Waals surface area contributed by atoms with E-state index in [1.54, 1.807) is 0 Å². The second-order valence-electron chi connectivity index (χ2n) is 6.22. The molecule has 0 atom stereocenters. The number of nitrogens with one attached hydrogen (secondary N) is 2. The van der Waals surface area contributed by atoms with Crippen LogP contribution in [0.4, 0.5) is 0 Å². The van der Waals surface area contributed by atoms with E-state index in [1.165, 1.54) is 5.56 Å². The van der Waals surface area contributed by atoms with Crippen molar-refractivity contribution in [1.82, 2.24) is 10.6 Å². The van der Waals surface area contributed by atoms with Gasteiger partial charge in [0.25, 0.3) is 0 Å². The van der Waals surface area contributed by atoms with Gasteiger partial charge in [-0.2, -0.15) is 0 Å². The fraction of sp³-hybridized carbons (Fsp3) is 0.632. The number of hydrogen-bond acceptors (Lipinski definition) is 3. The third-order valence-corrected chi connectivity index (χ3v) is 4.75. The maximum Gasteiger partial charge on any atom is 0.191 e. The molecule has 0 bridgehead atoms. The SMILES string of the molecule is CCNC(=NCC1(c2cccc(Cl)c2)CCOCC1)NCCOCC.I. The molecule has 2 N–H and O–H groups in total. The lowest BCUT2D eigenvalue weighted by atomic mass is 9.74. The zero-order valence-electron chi connectivity index (χ0n) is 15.7. The molecule has 1 heterocycles. The molecular formula is C19H31ClIN3O2. The lowest BCUT2D eigenvalue weighted by Gasteiger charge is -2.36. The van der Waals surface area contributed by atoms with Crippen molar-refractivity contribution >= 4 is 41.5 Å².